The van der Waals surface area contributed by atoms with Crippen molar-refractivity contribution in [2.75, 3.05) is 16.8 Å². The molecule has 0 aliphatic carbocycles. The monoisotopic (exact) mass is 645 g/mol. The molecule has 0 radical (unpaired) electrons. The third-order valence-corrected chi connectivity index (χ3v) is 9.65. The first-order valence-electron chi connectivity index (χ1n) is 12.7. The molecule has 2 aliphatic rings. The smallest absolute Gasteiger partial charge is 0.416 e. The average molecular weight is 646 g/mol. The molecule has 220 valence electrons. The van der Waals surface area contributed by atoms with E-state index in [-0.39, 0.29) is 16.3 Å². The largest absolute Gasteiger partial charge is 0.483 e. The molecule has 1 fully saturated rings. The Morgan fingerprint density at radius 2 is 1.74 bits per heavy atom. The average Bonchev–Trinajstić information content (AvgIpc) is 3.46. The van der Waals surface area contributed by atoms with Gasteiger partial charge in [0.2, 0.25) is 11.8 Å². The minimum atomic E-state index is -4.57. The highest BCUT2D eigenvalue weighted by Gasteiger charge is 2.56. The molecule has 3 heterocycles. The van der Waals surface area contributed by atoms with E-state index in [1.807, 2.05) is 0 Å². The van der Waals surface area contributed by atoms with Crippen LogP contribution >= 0.6 is 34.7 Å². The number of carbonyl (C=O) groups is 3. The molecule has 2 unspecified atom stereocenters. The molecule has 2 aliphatic heterocycles. The number of aromatic amines is 1. The zero-order chi connectivity index (χ0) is 30.5. The SMILES string of the molecule is O=C(COc1ccccc1[C@H]1c2sc(=O)[nH]c2SC2C(=O)N(c3ccc(Cl)cc3)C(=O)C21)Nc1cccc(C(F)(F)F)c1. The van der Waals surface area contributed by atoms with Crippen LogP contribution in [0.2, 0.25) is 5.02 Å². The number of ether oxygens (including phenoxy) is 1. The Morgan fingerprint density at radius 3 is 2.49 bits per heavy atom. The van der Waals surface area contributed by atoms with Gasteiger partial charge in [-0.15, -0.1) is 0 Å². The molecule has 14 heteroatoms. The summed E-state index contributed by atoms with van der Waals surface area (Å²) >= 11 is 8.05. The second-order valence-corrected chi connectivity index (χ2v) is 12.3. The van der Waals surface area contributed by atoms with Crippen molar-refractivity contribution in [2.45, 2.75) is 22.4 Å². The van der Waals surface area contributed by atoms with Gasteiger partial charge in [-0.05, 0) is 48.5 Å². The quantitative estimate of drug-likeness (QED) is 0.252. The number of thiazole rings is 1. The molecular weight excluding hydrogens is 627 g/mol. The van der Waals surface area contributed by atoms with Gasteiger partial charge < -0.3 is 15.0 Å². The number of hydrogen-bond acceptors (Lipinski definition) is 7. The number of imide groups is 1. The molecular formula is C29H19ClF3N3O5S2. The van der Waals surface area contributed by atoms with Gasteiger partial charge in [0, 0.05) is 27.1 Å². The Hall–Kier alpha value is -4.07. The van der Waals surface area contributed by atoms with Crippen LogP contribution in [0.3, 0.4) is 0 Å². The van der Waals surface area contributed by atoms with E-state index in [0.29, 0.717) is 26.2 Å². The molecule has 2 N–H and O–H groups in total. The van der Waals surface area contributed by atoms with Crippen LogP contribution in [0.5, 0.6) is 5.75 Å². The lowest BCUT2D eigenvalue weighted by Crippen LogP contribution is -2.32. The lowest BCUT2D eigenvalue weighted by molar-refractivity contribution is -0.137. The number of H-pyrrole nitrogens is 1. The molecule has 6 rings (SSSR count). The summed E-state index contributed by atoms with van der Waals surface area (Å²) in [5.41, 5.74) is -0.130. The van der Waals surface area contributed by atoms with E-state index in [1.54, 1.807) is 48.5 Å². The van der Waals surface area contributed by atoms with Crippen molar-refractivity contribution >= 4 is 63.8 Å². The number of hydrogen-bond donors (Lipinski definition) is 2. The van der Waals surface area contributed by atoms with Crippen molar-refractivity contribution in [1.29, 1.82) is 0 Å². The number of rotatable bonds is 6. The van der Waals surface area contributed by atoms with E-state index in [0.717, 1.165) is 40.1 Å². The lowest BCUT2D eigenvalue weighted by Gasteiger charge is -2.30. The summed E-state index contributed by atoms with van der Waals surface area (Å²) in [6.07, 6.45) is -4.57. The highest BCUT2D eigenvalue weighted by molar-refractivity contribution is 8.00. The first-order valence-corrected chi connectivity index (χ1v) is 14.8. The maximum Gasteiger partial charge on any atom is 0.416 e. The van der Waals surface area contributed by atoms with Gasteiger partial charge in [0.25, 0.3) is 5.91 Å². The molecule has 3 aromatic carbocycles. The number of alkyl halides is 3. The highest BCUT2D eigenvalue weighted by Crippen LogP contribution is 2.54. The number of nitrogens with one attached hydrogen (secondary N) is 2. The maximum absolute atomic E-state index is 13.9. The standard InChI is InChI=1S/C29H19ClF3N3O5S2/c30-15-8-10-17(11-9-15)36-26(38)22-21(23-25(35-28(40)43-23)42-24(22)27(36)39)18-6-1-2-7-19(18)41-13-20(37)34-16-5-3-4-14(12-16)29(31,32)33/h1-12,21-22,24H,13H2,(H,34,37)(H,35,40)/t21-,22?,24?/m1/s1. The van der Waals surface area contributed by atoms with Crippen molar-refractivity contribution in [3.05, 3.63) is 103 Å². The summed E-state index contributed by atoms with van der Waals surface area (Å²) in [5, 5.41) is 2.46. The number of halogens is 4. The fraction of sp³-hybridized carbons (Fsp3) is 0.172. The second kappa shape index (κ2) is 11.2. The van der Waals surface area contributed by atoms with Crippen molar-refractivity contribution in [3.63, 3.8) is 0 Å². The van der Waals surface area contributed by atoms with Crippen LogP contribution in [0.25, 0.3) is 0 Å². The second-order valence-electron chi connectivity index (χ2n) is 9.69. The Bertz CT molecular complexity index is 1810. The van der Waals surface area contributed by atoms with Gasteiger partial charge in [0.05, 0.1) is 22.2 Å². The van der Waals surface area contributed by atoms with Crippen LogP contribution in [0.4, 0.5) is 24.5 Å². The topological polar surface area (TPSA) is 109 Å². The number of para-hydroxylation sites is 1. The first-order chi connectivity index (χ1) is 20.5. The molecule has 0 spiro atoms. The Morgan fingerprint density at radius 1 is 1.00 bits per heavy atom. The molecule has 0 saturated carbocycles. The number of anilines is 2. The van der Waals surface area contributed by atoms with E-state index in [1.165, 1.54) is 12.1 Å². The molecule has 3 atom stereocenters. The molecule has 1 aromatic heterocycles. The van der Waals surface area contributed by atoms with Gasteiger partial charge in [-0.25, -0.2) is 4.90 Å². The van der Waals surface area contributed by atoms with Crippen molar-refractivity contribution in [1.82, 2.24) is 4.98 Å². The molecule has 3 amide bonds. The van der Waals surface area contributed by atoms with Crippen molar-refractivity contribution in [3.8, 4) is 5.75 Å². The number of fused-ring (bicyclic) bond motifs is 2. The zero-order valence-corrected chi connectivity index (χ0v) is 24.1. The Kier molecular flexibility index (Phi) is 7.57. The van der Waals surface area contributed by atoms with Crippen LogP contribution in [0.1, 0.15) is 21.9 Å². The Labute approximate surface area is 254 Å². The first kappa shape index (κ1) is 29.0. The predicted molar refractivity (Wildman–Crippen MR) is 156 cm³/mol. The molecule has 1 saturated heterocycles. The molecule has 8 nitrogen and oxygen atoms in total. The summed E-state index contributed by atoms with van der Waals surface area (Å²) in [5.74, 6) is -3.05. The Balaban J connectivity index is 1.30. The fourth-order valence-electron chi connectivity index (χ4n) is 5.18. The summed E-state index contributed by atoms with van der Waals surface area (Å²) in [4.78, 5) is 56.6. The maximum atomic E-state index is 13.9. The normalized spacial score (nSPS) is 19.6. The number of benzene rings is 3. The third-order valence-electron chi connectivity index (χ3n) is 7.00. The summed E-state index contributed by atoms with van der Waals surface area (Å²) < 4.78 is 45.0. The number of thioether (sulfide) groups is 1. The lowest BCUT2D eigenvalue weighted by atomic mass is 9.82. The molecule has 0 bridgehead atoms. The van der Waals surface area contributed by atoms with Gasteiger partial charge in [-0.2, -0.15) is 13.2 Å². The van der Waals surface area contributed by atoms with Crippen LogP contribution in [-0.2, 0) is 20.6 Å². The fourth-order valence-corrected chi connectivity index (χ4v) is 7.81. The summed E-state index contributed by atoms with van der Waals surface area (Å²) in [7, 11) is 0. The summed E-state index contributed by atoms with van der Waals surface area (Å²) in [6, 6.07) is 17.1. The third kappa shape index (κ3) is 5.55. The van der Waals surface area contributed by atoms with Gasteiger partial charge in [0.15, 0.2) is 6.61 Å². The van der Waals surface area contributed by atoms with E-state index in [2.05, 4.69) is 10.3 Å². The van der Waals surface area contributed by atoms with Gasteiger partial charge in [-0.3, -0.25) is 19.2 Å². The highest BCUT2D eigenvalue weighted by atomic mass is 35.5. The number of amides is 3. The molecule has 4 aromatic rings. The van der Waals surface area contributed by atoms with Crippen LogP contribution in [0.15, 0.2) is 82.6 Å². The van der Waals surface area contributed by atoms with E-state index in [4.69, 9.17) is 16.3 Å². The summed E-state index contributed by atoms with van der Waals surface area (Å²) in [6.45, 7) is -0.553. The number of nitrogens with zero attached hydrogens (tertiary/aromatic N) is 1. The number of carbonyl (C=O) groups excluding carboxylic acids is 3. The number of aromatic nitrogens is 1. The van der Waals surface area contributed by atoms with E-state index >= 15 is 0 Å². The van der Waals surface area contributed by atoms with Crippen LogP contribution in [-0.4, -0.2) is 34.6 Å². The van der Waals surface area contributed by atoms with Crippen LogP contribution in [0, 0.1) is 5.92 Å². The van der Waals surface area contributed by atoms with Crippen LogP contribution < -0.4 is 19.8 Å². The van der Waals surface area contributed by atoms with Gasteiger partial charge >= 0.3 is 11.0 Å². The van der Waals surface area contributed by atoms with E-state index in [9.17, 15) is 32.3 Å². The predicted octanol–water partition coefficient (Wildman–Crippen LogP) is 5.92. The molecule has 43 heavy (non-hydrogen) atoms. The van der Waals surface area contributed by atoms with E-state index < -0.39 is 53.2 Å². The van der Waals surface area contributed by atoms with Crippen molar-refractivity contribution < 1.29 is 32.3 Å². The minimum Gasteiger partial charge on any atom is -0.483 e. The van der Waals surface area contributed by atoms with Gasteiger partial charge in [-0.1, -0.05) is 59.0 Å². The zero-order valence-electron chi connectivity index (χ0n) is 21.7. The minimum absolute atomic E-state index is 0.0528. The van der Waals surface area contributed by atoms with Crippen molar-refractivity contribution in [2.24, 2.45) is 5.92 Å². The van der Waals surface area contributed by atoms with Gasteiger partial charge in [0.1, 0.15) is 11.0 Å².